The number of carbonyl (C=O) groups excluding carboxylic acids is 1. The molecule has 0 N–H and O–H groups in total. The van der Waals surface area contributed by atoms with Crippen molar-refractivity contribution in [2.24, 2.45) is 14.1 Å². The molecule has 12 nitrogen and oxygen atoms in total. The number of furan rings is 1. The minimum Gasteiger partial charge on any atom is -0.460 e. The van der Waals surface area contributed by atoms with Gasteiger partial charge in [0.2, 0.25) is 5.76 Å². The second-order valence-electron chi connectivity index (χ2n) is 7.83. The van der Waals surface area contributed by atoms with Gasteiger partial charge in [-0.1, -0.05) is 6.07 Å². The number of non-ortho nitro benzene ring substituents is 1. The van der Waals surface area contributed by atoms with Crippen molar-refractivity contribution in [1.29, 1.82) is 0 Å². The molecule has 188 valence electrons. The molecule has 0 saturated carbocycles. The van der Waals surface area contributed by atoms with Crippen molar-refractivity contribution in [1.82, 2.24) is 9.13 Å². The number of ether oxygens (including phenoxy) is 1. The Morgan fingerprint density at radius 3 is 2.50 bits per heavy atom. The van der Waals surface area contributed by atoms with Crippen molar-refractivity contribution in [2.75, 3.05) is 10.9 Å². The van der Waals surface area contributed by atoms with Gasteiger partial charge in [-0.15, -0.1) is 0 Å². The van der Waals surface area contributed by atoms with Gasteiger partial charge in [0.25, 0.3) is 15.7 Å². The first kappa shape index (κ1) is 24.7. The fourth-order valence-electron chi connectivity index (χ4n) is 3.77. The molecule has 0 amide bonds. The summed E-state index contributed by atoms with van der Waals surface area (Å²) in [5.74, 6) is -0.700. The second-order valence-corrected chi connectivity index (χ2v) is 9.69. The number of anilines is 1. The van der Waals surface area contributed by atoms with E-state index in [0.717, 1.165) is 10.4 Å². The van der Waals surface area contributed by atoms with E-state index in [4.69, 9.17) is 9.15 Å². The highest BCUT2D eigenvalue weighted by molar-refractivity contribution is 7.92. The van der Waals surface area contributed by atoms with E-state index in [1.807, 2.05) is 0 Å². The van der Waals surface area contributed by atoms with E-state index >= 15 is 0 Å². The number of esters is 1. The zero-order valence-electron chi connectivity index (χ0n) is 19.6. The van der Waals surface area contributed by atoms with Crippen LogP contribution in [0.25, 0.3) is 11.0 Å². The third-order valence-corrected chi connectivity index (χ3v) is 7.37. The average Bonchev–Trinajstić information content (AvgIpc) is 3.42. The molecule has 4 aromatic rings. The van der Waals surface area contributed by atoms with Crippen LogP contribution in [0.5, 0.6) is 0 Å². The van der Waals surface area contributed by atoms with Crippen molar-refractivity contribution in [3.63, 3.8) is 0 Å². The summed E-state index contributed by atoms with van der Waals surface area (Å²) < 4.78 is 41.7. The minimum absolute atomic E-state index is 0.0142. The molecule has 2 heterocycles. The van der Waals surface area contributed by atoms with Crippen molar-refractivity contribution < 1.29 is 27.3 Å². The lowest BCUT2D eigenvalue weighted by Gasteiger charge is -2.23. The fourth-order valence-corrected chi connectivity index (χ4v) is 5.21. The highest BCUT2D eigenvalue weighted by Gasteiger charge is 2.29. The lowest BCUT2D eigenvalue weighted by molar-refractivity contribution is -0.384. The third-order valence-electron chi connectivity index (χ3n) is 5.60. The summed E-state index contributed by atoms with van der Waals surface area (Å²) in [7, 11) is -1.22. The lowest BCUT2D eigenvalue weighted by Crippen LogP contribution is -2.30. The molecule has 0 spiro atoms. The van der Waals surface area contributed by atoms with Gasteiger partial charge in [0.1, 0.15) is 5.76 Å². The van der Waals surface area contributed by atoms with E-state index in [1.54, 1.807) is 14.0 Å². The Morgan fingerprint density at radius 2 is 1.81 bits per heavy atom. The van der Waals surface area contributed by atoms with Crippen molar-refractivity contribution >= 4 is 38.4 Å². The number of fused-ring (bicyclic) bond motifs is 1. The second kappa shape index (κ2) is 9.34. The molecule has 2 aromatic carbocycles. The number of sulfonamides is 1. The maximum atomic E-state index is 13.8. The van der Waals surface area contributed by atoms with Crippen LogP contribution in [0.15, 0.2) is 68.7 Å². The summed E-state index contributed by atoms with van der Waals surface area (Å²) in [5.41, 5.74) is 0.316. The van der Waals surface area contributed by atoms with Crippen LogP contribution in [0.1, 0.15) is 23.2 Å². The summed E-state index contributed by atoms with van der Waals surface area (Å²) in [6.45, 7) is 1.40. The number of carbonyl (C=O) groups is 1. The number of nitrogens with zero attached hydrogens (tertiary/aromatic N) is 4. The zero-order valence-corrected chi connectivity index (χ0v) is 20.4. The average molecular weight is 515 g/mol. The van der Waals surface area contributed by atoms with Crippen LogP contribution in [-0.2, 0) is 35.4 Å². The molecule has 0 unspecified atom stereocenters. The number of aromatic nitrogens is 2. The van der Waals surface area contributed by atoms with Gasteiger partial charge in [0.05, 0.1) is 39.7 Å². The van der Waals surface area contributed by atoms with Crippen LogP contribution in [0.3, 0.4) is 0 Å². The summed E-state index contributed by atoms with van der Waals surface area (Å²) in [4.78, 5) is 34.9. The molecular weight excluding hydrogens is 492 g/mol. The SMILES string of the molecule is CCOC(=O)c1ccc(CN(c2cccc([N+](=O)[O-])c2)S(=O)(=O)c2ccc3c(c2)n(C)c(=O)n3C)o1. The van der Waals surface area contributed by atoms with Crippen LogP contribution in [0, 0.1) is 10.1 Å². The highest BCUT2D eigenvalue weighted by Crippen LogP contribution is 2.30. The predicted molar refractivity (Wildman–Crippen MR) is 129 cm³/mol. The quantitative estimate of drug-likeness (QED) is 0.198. The predicted octanol–water partition coefficient (Wildman–Crippen LogP) is 2.95. The first-order chi connectivity index (χ1) is 17.0. The molecule has 0 aliphatic rings. The van der Waals surface area contributed by atoms with Crippen molar-refractivity contribution in [3.8, 4) is 0 Å². The number of aryl methyl sites for hydroxylation is 2. The van der Waals surface area contributed by atoms with E-state index in [1.165, 1.54) is 64.7 Å². The molecular formula is C23H22N4O8S. The van der Waals surface area contributed by atoms with Gasteiger partial charge in [-0.05, 0) is 43.3 Å². The molecule has 13 heteroatoms. The van der Waals surface area contributed by atoms with Gasteiger partial charge < -0.3 is 9.15 Å². The molecule has 0 aliphatic heterocycles. The molecule has 2 aromatic heterocycles. The molecule has 0 aliphatic carbocycles. The summed E-state index contributed by atoms with van der Waals surface area (Å²) in [6, 6.07) is 12.2. The van der Waals surface area contributed by atoms with E-state index in [2.05, 4.69) is 0 Å². The largest absolute Gasteiger partial charge is 0.460 e. The number of benzene rings is 2. The number of imidazole rings is 1. The Hall–Kier alpha value is -4.39. The first-order valence-corrected chi connectivity index (χ1v) is 12.2. The Kier molecular flexibility index (Phi) is 6.41. The fraction of sp³-hybridized carbons (Fsp3) is 0.217. The van der Waals surface area contributed by atoms with Crippen molar-refractivity contribution in [3.05, 3.63) is 86.7 Å². The molecule has 0 saturated heterocycles. The van der Waals surface area contributed by atoms with Gasteiger partial charge in [0.15, 0.2) is 0 Å². The van der Waals surface area contributed by atoms with Gasteiger partial charge in [-0.2, -0.15) is 0 Å². The number of nitro benzene ring substituents is 1. The molecule has 4 rings (SSSR count). The molecule has 0 fully saturated rings. The van der Waals surface area contributed by atoms with Crippen LogP contribution < -0.4 is 9.99 Å². The Balaban J connectivity index is 1.83. The lowest BCUT2D eigenvalue weighted by atomic mass is 10.3. The Bertz CT molecular complexity index is 1650. The van der Waals surface area contributed by atoms with Crippen LogP contribution >= 0.6 is 0 Å². The smallest absolute Gasteiger partial charge is 0.374 e. The normalized spacial score (nSPS) is 11.5. The number of rotatable bonds is 8. The number of hydrogen-bond donors (Lipinski definition) is 0. The van der Waals surface area contributed by atoms with Crippen LogP contribution in [0.2, 0.25) is 0 Å². The molecule has 36 heavy (non-hydrogen) atoms. The van der Waals surface area contributed by atoms with Crippen LogP contribution in [-0.4, -0.2) is 35.1 Å². The maximum Gasteiger partial charge on any atom is 0.374 e. The van der Waals surface area contributed by atoms with E-state index in [9.17, 15) is 28.1 Å². The van der Waals surface area contributed by atoms with Crippen molar-refractivity contribution in [2.45, 2.75) is 18.4 Å². The number of hydrogen-bond acceptors (Lipinski definition) is 8. The molecule has 0 atom stereocenters. The maximum absolute atomic E-state index is 13.8. The van der Waals surface area contributed by atoms with Gasteiger partial charge in [-0.3, -0.25) is 23.6 Å². The van der Waals surface area contributed by atoms with Gasteiger partial charge in [-0.25, -0.2) is 18.0 Å². The van der Waals surface area contributed by atoms with E-state index in [-0.39, 0.29) is 46.6 Å². The minimum atomic E-state index is -4.32. The molecule has 0 bridgehead atoms. The topological polar surface area (TPSA) is 147 Å². The van der Waals surface area contributed by atoms with E-state index < -0.39 is 20.9 Å². The summed E-state index contributed by atoms with van der Waals surface area (Å²) in [5, 5.41) is 11.3. The molecule has 0 radical (unpaired) electrons. The third kappa shape index (κ3) is 4.35. The summed E-state index contributed by atoms with van der Waals surface area (Å²) in [6.07, 6.45) is 0. The monoisotopic (exact) mass is 514 g/mol. The first-order valence-electron chi connectivity index (χ1n) is 10.7. The Morgan fingerprint density at radius 1 is 1.08 bits per heavy atom. The van der Waals surface area contributed by atoms with Gasteiger partial charge >= 0.3 is 11.7 Å². The Labute approximate surface area is 205 Å². The summed E-state index contributed by atoms with van der Waals surface area (Å²) >= 11 is 0. The van der Waals surface area contributed by atoms with Gasteiger partial charge in [0, 0.05) is 26.2 Å². The van der Waals surface area contributed by atoms with Crippen LogP contribution in [0.4, 0.5) is 11.4 Å². The number of nitro groups is 1. The van der Waals surface area contributed by atoms with E-state index in [0.29, 0.717) is 11.0 Å². The standard InChI is InChI=1S/C23H22N4O8S/c1-4-34-22(28)21-11-8-17(35-21)14-26(15-6-5-7-16(12-15)27(30)31)36(32,33)18-9-10-19-20(13-18)25(3)23(29)24(19)2/h5-13H,4,14H2,1-3H3. The zero-order chi connectivity index (χ0) is 26.2. The highest BCUT2D eigenvalue weighted by atomic mass is 32.2.